The molecule has 0 atom stereocenters. The van der Waals surface area contributed by atoms with E-state index in [9.17, 15) is 0 Å². The number of nitrogens with zero attached hydrogens (tertiary/aromatic N) is 2. The van der Waals surface area contributed by atoms with Crippen LogP contribution in [0.3, 0.4) is 0 Å². The number of hydrogen-bond acceptors (Lipinski definition) is 4. The molecule has 0 aromatic carbocycles. The van der Waals surface area contributed by atoms with E-state index >= 15 is 0 Å². The molecule has 15 heavy (non-hydrogen) atoms. The second-order valence-electron chi connectivity index (χ2n) is 4.12. The summed E-state index contributed by atoms with van der Waals surface area (Å²) >= 11 is 0. The van der Waals surface area contributed by atoms with E-state index in [0.717, 1.165) is 31.0 Å². The van der Waals surface area contributed by atoms with Gasteiger partial charge in [0.25, 0.3) is 0 Å². The third-order valence-electron chi connectivity index (χ3n) is 2.73. The largest absolute Gasteiger partial charge is 0.460 e. The first-order valence-corrected chi connectivity index (χ1v) is 5.39. The Bertz CT molecular complexity index is 323. The molecule has 0 bridgehead atoms. The molecule has 1 aliphatic rings. The first kappa shape index (κ1) is 10.4. The van der Waals surface area contributed by atoms with Gasteiger partial charge in [0.15, 0.2) is 0 Å². The topological polar surface area (TPSA) is 47.0 Å². The summed E-state index contributed by atoms with van der Waals surface area (Å²) in [6.07, 6.45) is 4.27. The average Bonchev–Trinajstić information content (AvgIpc) is 2.15. The maximum Gasteiger partial charge on any atom is 0.316 e. The highest BCUT2D eigenvalue weighted by Gasteiger charge is 2.30. The van der Waals surface area contributed by atoms with Crippen molar-refractivity contribution < 1.29 is 4.74 Å². The Labute approximate surface area is 90.1 Å². The van der Waals surface area contributed by atoms with Crippen LogP contribution in [-0.4, -0.2) is 29.7 Å². The Kier molecular flexibility index (Phi) is 3.16. The summed E-state index contributed by atoms with van der Waals surface area (Å²) < 4.78 is 5.66. The van der Waals surface area contributed by atoms with Crippen molar-refractivity contribution in [3.63, 3.8) is 0 Å². The molecule has 4 nitrogen and oxygen atoms in total. The molecule has 1 saturated carbocycles. The van der Waals surface area contributed by atoms with E-state index in [4.69, 9.17) is 4.74 Å². The van der Waals surface area contributed by atoms with Crippen LogP contribution < -0.4 is 10.1 Å². The number of nitrogens with one attached hydrogen (secondary N) is 1. The Hall–Kier alpha value is -1.16. The summed E-state index contributed by atoms with van der Waals surface area (Å²) in [4.78, 5) is 8.30. The van der Waals surface area contributed by atoms with E-state index in [1.165, 1.54) is 0 Å². The molecule has 4 heteroatoms. The van der Waals surface area contributed by atoms with Gasteiger partial charge < -0.3 is 10.1 Å². The zero-order valence-corrected chi connectivity index (χ0v) is 9.23. The van der Waals surface area contributed by atoms with E-state index < -0.39 is 0 Å². The van der Waals surface area contributed by atoms with Crippen LogP contribution in [0, 0.1) is 12.8 Å². The second kappa shape index (κ2) is 4.57. The Balaban J connectivity index is 1.80. The molecule has 82 valence electrons. The molecule has 0 radical (unpaired) electrons. The molecule has 1 aromatic heterocycles. The smallest absolute Gasteiger partial charge is 0.316 e. The fourth-order valence-electron chi connectivity index (χ4n) is 1.86. The van der Waals surface area contributed by atoms with Crippen LogP contribution in [0.15, 0.2) is 12.3 Å². The summed E-state index contributed by atoms with van der Waals surface area (Å²) in [6.45, 7) is 3.02. The van der Waals surface area contributed by atoms with Crippen molar-refractivity contribution in [2.75, 3.05) is 13.6 Å². The Morgan fingerprint density at radius 3 is 3.00 bits per heavy atom. The van der Waals surface area contributed by atoms with Gasteiger partial charge in [-0.1, -0.05) is 0 Å². The minimum Gasteiger partial charge on any atom is -0.460 e. The molecule has 1 N–H and O–H groups in total. The van der Waals surface area contributed by atoms with Crippen molar-refractivity contribution in [1.29, 1.82) is 0 Å². The number of ether oxygens (including phenoxy) is 1. The molecular weight excluding hydrogens is 190 g/mol. The Morgan fingerprint density at radius 2 is 2.33 bits per heavy atom. The standard InChI is InChI=1S/C11H17N3O/c1-8-3-4-13-11(14-8)15-10-5-9(6-10)7-12-2/h3-4,9-10,12H,5-7H2,1-2H3. The minimum atomic E-state index is 0.310. The van der Waals surface area contributed by atoms with Crippen molar-refractivity contribution in [2.45, 2.75) is 25.9 Å². The van der Waals surface area contributed by atoms with Gasteiger partial charge in [0.2, 0.25) is 0 Å². The van der Waals surface area contributed by atoms with E-state index in [1.807, 2.05) is 20.0 Å². The van der Waals surface area contributed by atoms with Crippen molar-refractivity contribution >= 4 is 0 Å². The van der Waals surface area contributed by atoms with Gasteiger partial charge in [0.05, 0.1) is 0 Å². The lowest BCUT2D eigenvalue weighted by atomic mass is 9.82. The van der Waals surface area contributed by atoms with E-state index in [0.29, 0.717) is 12.1 Å². The lowest BCUT2D eigenvalue weighted by Gasteiger charge is -2.34. The highest BCUT2D eigenvalue weighted by Crippen LogP contribution is 2.29. The molecule has 0 amide bonds. The van der Waals surface area contributed by atoms with Gasteiger partial charge in [-0.05, 0) is 45.3 Å². The zero-order valence-electron chi connectivity index (χ0n) is 9.23. The molecule has 1 aliphatic carbocycles. The highest BCUT2D eigenvalue weighted by molar-refractivity contribution is 5.04. The molecule has 1 heterocycles. The van der Waals surface area contributed by atoms with Crippen LogP contribution in [0.1, 0.15) is 18.5 Å². The monoisotopic (exact) mass is 207 g/mol. The molecule has 0 unspecified atom stereocenters. The average molecular weight is 207 g/mol. The highest BCUT2D eigenvalue weighted by atomic mass is 16.5. The lowest BCUT2D eigenvalue weighted by molar-refractivity contribution is 0.0571. The first-order chi connectivity index (χ1) is 7.28. The summed E-state index contributed by atoms with van der Waals surface area (Å²) in [7, 11) is 1.98. The van der Waals surface area contributed by atoms with Gasteiger partial charge in [0, 0.05) is 11.9 Å². The van der Waals surface area contributed by atoms with Crippen molar-refractivity contribution in [3.05, 3.63) is 18.0 Å². The van der Waals surface area contributed by atoms with Gasteiger partial charge in [-0.3, -0.25) is 0 Å². The van der Waals surface area contributed by atoms with Gasteiger partial charge in [0.1, 0.15) is 6.10 Å². The molecular formula is C11H17N3O. The first-order valence-electron chi connectivity index (χ1n) is 5.39. The van der Waals surface area contributed by atoms with E-state index in [-0.39, 0.29) is 0 Å². The predicted molar refractivity (Wildman–Crippen MR) is 57.8 cm³/mol. The van der Waals surface area contributed by atoms with E-state index in [2.05, 4.69) is 15.3 Å². The van der Waals surface area contributed by atoms with Crippen LogP contribution in [0.2, 0.25) is 0 Å². The molecule has 0 saturated heterocycles. The molecule has 1 fully saturated rings. The molecule has 1 aromatic rings. The summed E-state index contributed by atoms with van der Waals surface area (Å²) in [6, 6.07) is 2.39. The van der Waals surface area contributed by atoms with Crippen LogP contribution in [0.5, 0.6) is 6.01 Å². The normalized spacial score (nSPS) is 24.7. The van der Waals surface area contributed by atoms with Crippen molar-refractivity contribution in [1.82, 2.24) is 15.3 Å². The number of aryl methyl sites for hydroxylation is 1. The predicted octanol–water partition coefficient (Wildman–Crippen LogP) is 1.16. The zero-order chi connectivity index (χ0) is 10.7. The van der Waals surface area contributed by atoms with Gasteiger partial charge >= 0.3 is 6.01 Å². The third kappa shape index (κ3) is 2.65. The van der Waals surface area contributed by atoms with Crippen LogP contribution in [0.4, 0.5) is 0 Å². The SMILES string of the molecule is CNCC1CC(Oc2nccc(C)n2)C1. The van der Waals surface area contributed by atoms with Crippen LogP contribution >= 0.6 is 0 Å². The van der Waals surface area contributed by atoms with Crippen molar-refractivity contribution in [3.8, 4) is 6.01 Å². The molecule has 0 aliphatic heterocycles. The number of aromatic nitrogens is 2. The van der Waals surface area contributed by atoms with Crippen molar-refractivity contribution in [2.24, 2.45) is 5.92 Å². The van der Waals surface area contributed by atoms with Crippen LogP contribution in [-0.2, 0) is 0 Å². The summed E-state index contributed by atoms with van der Waals surface area (Å²) in [5.41, 5.74) is 0.950. The maximum absolute atomic E-state index is 5.66. The van der Waals surface area contributed by atoms with E-state index in [1.54, 1.807) is 6.20 Å². The lowest BCUT2D eigenvalue weighted by Crippen LogP contribution is -2.39. The van der Waals surface area contributed by atoms with Gasteiger partial charge in [-0.15, -0.1) is 0 Å². The number of hydrogen-bond donors (Lipinski definition) is 1. The molecule has 0 spiro atoms. The summed E-state index contributed by atoms with van der Waals surface area (Å²) in [5.74, 6) is 0.754. The Morgan fingerprint density at radius 1 is 1.53 bits per heavy atom. The second-order valence-corrected chi connectivity index (χ2v) is 4.12. The fourth-order valence-corrected chi connectivity index (χ4v) is 1.86. The fraction of sp³-hybridized carbons (Fsp3) is 0.636. The summed E-state index contributed by atoms with van der Waals surface area (Å²) in [5, 5.41) is 3.18. The minimum absolute atomic E-state index is 0.310. The van der Waals surface area contributed by atoms with Gasteiger partial charge in [-0.2, -0.15) is 0 Å². The van der Waals surface area contributed by atoms with Gasteiger partial charge in [-0.25, -0.2) is 9.97 Å². The maximum atomic E-state index is 5.66. The quantitative estimate of drug-likeness (QED) is 0.805. The number of rotatable bonds is 4. The third-order valence-corrected chi connectivity index (χ3v) is 2.73. The van der Waals surface area contributed by atoms with Crippen LogP contribution in [0.25, 0.3) is 0 Å². The molecule has 2 rings (SSSR count).